The molecule has 2 rings (SSSR count). The Hall–Kier alpha value is -2.17. The van der Waals surface area contributed by atoms with Crippen LogP contribution in [-0.4, -0.2) is 63.2 Å². The van der Waals surface area contributed by atoms with Crippen LogP contribution in [0.4, 0.5) is 24.5 Å². The SMILES string of the molecule is CN(C)[C@@H](CN)C(=O)Nc1ccc(N2CCOCC2=O)c(C(F)(F)F)c1. The van der Waals surface area contributed by atoms with Gasteiger partial charge in [-0.3, -0.25) is 14.5 Å². The smallest absolute Gasteiger partial charge is 0.370 e. The Morgan fingerprint density at radius 2 is 2.12 bits per heavy atom. The third-order valence-electron chi connectivity index (χ3n) is 4.00. The van der Waals surface area contributed by atoms with Crippen LogP contribution in [0.2, 0.25) is 0 Å². The molecule has 10 heteroatoms. The lowest BCUT2D eigenvalue weighted by molar-refractivity contribution is -0.137. The largest absolute Gasteiger partial charge is 0.418 e. The van der Waals surface area contributed by atoms with Crippen molar-refractivity contribution in [3.8, 4) is 0 Å². The molecule has 3 N–H and O–H groups in total. The number of morpholine rings is 1. The van der Waals surface area contributed by atoms with E-state index < -0.39 is 29.6 Å². The number of likely N-dealkylation sites (N-methyl/N-ethyl adjacent to an activating group) is 1. The molecule has 1 saturated heterocycles. The van der Waals surface area contributed by atoms with E-state index in [4.69, 9.17) is 10.5 Å². The Morgan fingerprint density at radius 1 is 1.42 bits per heavy atom. The molecule has 26 heavy (non-hydrogen) atoms. The monoisotopic (exact) mass is 374 g/mol. The summed E-state index contributed by atoms with van der Waals surface area (Å²) in [4.78, 5) is 26.7. The van der Waals surface area contributed by atoms with Gasteiger partial charge in [0.15, 0.2) is 0 Å². The molecule has 1 heterocycles. The van der Waals surface area contributed by atoms with Crippen molar-refractivity contribution in [2.45, 2.75) is 12.2 Å². The molecule has 1 aliphatic heterocycles. The second-order valence-corrected chi connectivity index (χ2v) is 6.03. The first-order valence-electron chi connectivity index (χ1n) is 7.92. The summed E-state index contributed by atoms with van der Waals surface area (Å²) >= 11 is 0. The van der Waals surface area contributed by atoms with Gasteiger partial charge in [0.05, 0.1) is 17.9 Å². The number of ether oxygens (including phenoxy) is 1. The molecule has 0 bridgehead atoms. The van der Waals surface area contributed by atoms with Gasteiger partial charge in [-0.05, 0) is 32.3 Å². The molecule has 1 atom stereocenters. The van der Waals surface area contributed by atoms with E-state index in [0.29, 0.717) is 0 Å². The number of carbonyl (C=O) groups excluding carboxylic acids is 2. The quantitative estimate of drug-likeness (QED) is 0.800. The van der Waals surface area contributed by atoms with E-state index in [1.54, 1.807) is 19.0 Å². The molecule has 1 aromatic carbocycles. The Kier molecular flexibility index (Phi) is 6.21. The van der Waals surface area contributed by atoms with Crippen LogP contribution in [0, 0.1) is 0 Å². The van der Waals surface area contributed by atoms with Crippen molar-refractivity contribution in [1.82, 2.24) is 4.90 Å². The van der Waals surface area contributed by atoms with Crippen LogP contribution in [0.1, 0.15) is 5.56 Å². The number of nitrogens with two attached hydrogens (primary N) is 1. The van der Waals surface area contributed by atoms with Crippen molar-refractivity contribution in [1.29, 1.82) is 0 Å². The number of rotatable bonds is 5. The maximum atomic E-state index is 13.5. The van der Waals surface area contributed by atoms with Crippen molar-refractivity contribution in [3.05, 3.63) is 23.8 Å². The van der Waals surface area contributed by atoms with Crippen molar-refractivity contribution >= 4 is 23.2 Å². The molecule has 1 aromatic rings. The first-order valence-corrected chi connectivity index (χ1v) is 7.92. The van der Waals surface area contributed by atoms with Crippen LogP contribution in [0.15, 0.2) is 18.2 Å². The lowest BCUT2D eigenvalue weighted by Crippen LogP contribution is -2.45. The fraction of sp³-hybridized carbons (Fsp3) is 0.500. The van der Waals surface area contributed by atoms with Crippen LogP contribution in [-0.2, 0) is 20.5 Å². The van der Waals surface area contributed by atoms with Gasteiger partial charge in [0.25, 0.3) is 5.91 Å². The van der Waals surface area contributed by atoms with Crippen molar-refractivity contribution < 1.29 is 27.5 Å². The summed E-state index contributed by atoms with van der Waals surface area (Å²) in [5.41, 5.74) is 4.25. The predicted molar refractivity (Wildman–Crippen MR) is 89.8 cm³/mol. The number of benzene rings is 1. The van der Waals surface area contributed by atoms with Gasteiger partial charge in [-0.25, -0.2) is 0 Å². The summed E-state index contributed by atoms with van der Waals surface area (Å²) < 4.78 is 45.4. The molecule has 0 saturated carbocycles. The summed E-state index contributed by atoms with van der Waals surface area (Å²) in [6.45, 7) is -0.0614. The van der Waals surface area contributed by atoms with Crippen molar-refractivity contribution in [2.75, 3.05) is 50.6 Å². The average Bonchev–Trinajstić information content (AvgIpc) is 2.55. The Balaban J connectivity index is 2.34. The fourth-order valence-electron chi connectivity index (χ4n) is 2.63. The second-order valence-electron chi connectivity index (χ2n) is 6.03. The van der Waals surface area contributed by atoms with Gasteiger partial charge in [-0.15, -0.1) is 0 Å². The van der Waals surface area contributed by atoms with E-state index in [1.807, 2.05) is 0 Å². The van der Waals surface area contributed by atoms with E-state index >= 15 is 0 Å². The summed E-state index contributed by atoms with van der Waals surface area (Å²) in [5, 5.41) is 2.44. The second kappa shape index (κ2) is 8.02. The third-order valence-corrected chi connectivity index (χ3v) is 4.00. The minimum Gasteiger partial charge on any atom is -0.370 e. The Bertz CT molecular complexity index is 679. The van der Waals surface area contributed by atoms with Gasteiger partial charge < -0.3 is 20.7 Å². The molecule has 0 aromatic heterocycles. The number of hydrogen-bond acceptors (Lipinski definition) is 5. The predicted octanol–water partition coefficient (Wildman–Crippen LogP) is 0.896. The van der Waals surface area contributed by atoms with E-state index in [1.165, 1.54) is 12.1 Å². The maximum Gasteiger partial charge on any atom is 0.418 e. The molecule has 7 nitrogen and oxygen atoms in total. The van der Waals surface area contributed by atoms with Crippen LogP contribution in [0.3, 0.4) is 0 Å². The number of amides is 2. The van der Waals surface area contributed by atoms with Crippen LogP contribution in [0.25, 0.3) is 0 Å². The van der Waals surface area contributed by atoms with Gasteiger partial charge in [0.2, 0.25) is 5.91 Å². The zero-order chi connectivity index (χ0) is 19.5. The summed E-state index contributed by atoms with van der Waals surface area (Å²) in [6, 6.07) is 2.65. The third kappa shape index (κ3) is 4.51. The number of anilines is 2. The summed E-state index contributed by atoms with van der Waals surface area (Å²) in [7, 11) is 3.29. The van der Waals surface area contributed by atoms with E-state index in [0.717, 1.165) is 11.0 Å². The molecular weight excluding hydrogens is 353 g/mol. The molecule has 0 radical (unpaired) electrons. The highest BCUT2D eigenvalue weighted by Gasteiger charge is 2.37. The number of nitrogens with one attached hydrogen (secondary N) is 1. The Morgan fingerprint density at radius 3 is 2.65 bits per heavy atom. The molecule has 0 spiro atoms. The Labute approximate surface area is 148 Å². The van der Waals surface area contributed by atoms with Crippen molar-refractivity contribution in [2.24, 2.45) is 5.73 Å². The molecule has 1 fully saturated rings. The topological polar surface area (TPSA) is 87.9 Å². The van der Waals surface area contributed by atoms with Crippen LogP contribution < -0.4 is 16.0 Å². The maximum absolute atomic E-state index is 13.5. The first kappa shape index (κ1) is 20.1. The molecule has 0 aliphatic carbocycles. The normalized spacial score (nSPS) is 16.7. The number of nitrogens with zero attached hydrogens (tertiary/aromatic N) is 2. The minimum absolute atomic E-state index is 0.0192. The highest BCUT2D eigenvalue weighted by molar-refractivity contribution is 5.97. The summed E-state index contributed by atoms with van der Waals surface area (Å²) in [5.74, 6) is -1.06. The van der Waals surface area contributed by atoms with Crippen molar-refractivity contribution in [3.63, 3.8) is 0 Å². The standard InChI is InChI=1S/C16H21F3N4O3/c1-22(2)13(8-20)15(25)21-10-3-4-12(11(7-10)16(17,18)19)23-5-6-26-9-14(23)24/h3-4,7,13H,5-6,8-9,20H2,1-2H3,(H,21,25)/t13-/m0/s1. The zero-order valence-electron chi connectivity index (χ0n) is 14.5. The van der Waals surface area contributed by atoms with E-state index in [-0.39, 0.29) is 37.7 Å². The van der Waals surface area contributed by atoms with Gasteiger partial charge in [0, 0.05) is 18.8 Å². The molecule has 1 aliphatic rings. The van der Waals surface area contributed by atoms with Gasteiger partial charge in [0.1, 0.15) is 12.6 Å². The molecule has 0 unspecified atom stereocenters. The number of halogens is 3. The fourth-order valence-corrected chi connectivity index (χ4v) is 2.63. The highest BCUT2D eigenvalue weighted by atomic mass is 19.4. The zero-order valence-corrected chi connectivity index (χ0v) is 14.5. The molecule has 144 valence electrons. The van der Waals surface area contributed by atoms with Gasteiger partial charge in [-0.2, -0.15) is 13.2 Å². The average molecular weight is 374 g/mol. The van der Waals surface area contributed by atoms with Gasteiger partial charge >= 0.3 is 6.18 Å². The highest BCUT2D eigenvalue weighted by Crippen LogP contribution is 2.38. The molecule has 2 amide bonds. The van der Waals surface area contributed by atoms with Crippen LogP contribution >= 0.6 is 0 Å². The minimum atomic E-state index is -4.69. The summed E-state index contributed by atoms with van der Waals surface area (Å²) in [6.07, 6.45) is -4.69. The lowest BCUT2D eigenvalue weighted by atomic mass is 10.1. The number of alkyl halides is 3. The van der Waals surface area contributed by atoms with E-state index in [9.17, 15) is 22.8 Å². The number of hydrogen-bond donors (Lipinski definition) is 2. The van der Waals surface area contributed by atoms with Crippen LogP contribution in [0.5, 0.6) is 0 Å². The van der Waals surface area contributed by atoms with Gasteiger partial charge in [-0.1, -0.05) is 0 Å². The first-order chi connectivity index (χ1) is 12.1. The number of carbonyl (C=O) groups is 2. The molecular formula is C16H21F3N4O3. The lowest BCUT2D eigenvalue weighted by Gasteiger charge is -2.29. The van der Waals surface area contributed by atoms with E-state index in [2.05, 4.69) is 5.32 Å².